The fourth-order valence-corrected chi connectivity index (χ4v) is 9.69. The first-order valence-electron chi connectivity index (χ1n) is 14.8. The highest BCUT2D eigenvalue weighted by atomic mass is 127. The molecule has 0 aromatic carbocycles. The van der Waals surface area contributed by atoms with Crippen molar-refractivity contribution in [2.45, 2.75) is 124 Å². The molecule has 0 bridgehead atoms. The molecule has 0 fully saturated rings. The zero-order chi connectivity index (χ0) is 26.8. The summed E-state index contributed by atoms with van der Waals surface area (Å²) < 4.78 is 24.9. The van der Waals surface area contributed by atoms with E-state index in [1.165, 1.54) is 95.3 Å². The average molecular weight is 681 g/mol. The monoisotopic (exact) mass is 680 g/mol. The minimum atomic E-state index is -2.89. The molecular weight excluding hydrogens is 630 g/mol. The van der Waals surface area contributed by atoms with E-state index in [0.717, 1.165) is 25.7 Å². The van der Waals surface area contributed by atoms with Crippen molar-refractivity contribution in [2.75, 3.05) is 19.4 Å². The zero-order valence-corrected chi connectivity index (χ0v) is 28.2. The van der Waals surface area contributed by atoms with Gasteiger partial charge in [0.05, 0.1) is 22.3 Å². The summed E-state index contributed by atoms with van der Waals surface area (Å²) in [6, 6.07) is 4.78. The van der Waals surface area contributed by atoms with Crippen LogP contribution in [0.4, 0.5) is 0 Å². The Morgan fingerprint density at radius 2 is 1.30 bits per heavy atom. The first-order chi connectivity index (χ1) is 18.0. The highest BCUT2D eigenvalue weighted by molar-refractivity contribution is 14.1. The van der Waals surface area contributed by atoms with Gasteiger partial charge in [-0.15, -0.1) is 22.7 Å². The van der Waals surface area contributed by atoms with Crippen LogP contribution in [0.15, 0.2) is 17.5 Å². The number of aryl methyl sites for hydroxylation is 2. The van der Waals surface area contributed by atoms with E-state index in [-0.39, 0.29) is 0 Å². The second kappa shape index (κ2) is 20.2. The van der Waals surface area contributed by atoms with E-state index in [4.69, 9.17) is 9.05 Å². The Hall–Kier alpha value is 0.280. The molecule has 0 saturated heterocycles. The molecule has 0 aliphatic carbocycles. The maximum Gasteiger partial charge on any atom is 0.330 e. The maximum atomic E-state index is 12.6. The summed E-state index contributed by atoms with van der Waals surface area (Å²) in [5.74, 6) is 0. The quantitative estimate of drug-likeness (QED) is 0.0666. The third-order valence-corrected chi connectivity index (χ3v) is 12.4. The highest BCUT2D eigenvalue weighted by Crippen LogP contribution is 2.48. The lowest BCUT2D eigenvalue weighted by Crippen LogP contribution is -2.00. The van der Waals surface area contributed by atoms with E-state index >= 15 is 0 Å². The van der Waals surface area contributed by atoms with Crippen molar-refractivity contribution in [2.24, 2.45) is 0 Å². The SMILES string of the molecule is CCCCCCCCCCCCc1cc(-c2sccc2CCCCCCP(=O)(OCC)OCC)sc1I. The Labute approximate surface area is 249 Å². The molecule has 0 N–H and O–H groups in total. The number of hydrogen-bond acceptors (Lipinski definition) is 5. The van der Waals surface area contributed by atoms with Crippen LogP contribution in [0.3, 0.4) is 0 Å². The fraction of sp³-hybridized carbons (Fsp3) is 0.733. The lowest BCUT2D eigenvalue weighted by Gasteiger charge is -2.16. The molecule has 0 amide bonds. The summed E-state index contributed by atoms with van der Waals surface area (Å²) in [5, 5.41) is 2.25. The van der Waals surface area contributed by atoms with Gasteiger partial charge in [-0.25, -0.2) is 0 Å². The second-order valence-corrected chi connectivity index (χ2v) is 15.9. The van der Waals surface area contributed by atoms with Gasteiger partial charge in [-0.1, -0.05) is 77.6 Å². The van der Waals surface area contributed by atoms with Gasteiger partial charge >= 0.3 is 7.60 Å². The molecule has 2 aromatic rings. The van der Waals surface area contributed by atoms with Gasteiger partial charge in [0.2, 0.25) is 0 Å². The predicted molar refractivity (Wildman–Crippen MR) is 174 cm³/mol. The molecule has 3 nitrogen and oxygen atoms in total. The van der Waals surface area contributed by atoms with Gasteiger partial charge in [0, 0.05) is 9.75 Å². The van der Waals surface area contributed by atoms with Crippen molar-refractivity contribution in [1.82, 2.24) is 0 Å². The minimum Gasteiger partial charge on any atom is -0.309 e. The molecule has 2 rings (SSSR count). The lowest BCUT2D eigenvalue weighted by molar-refractivity contribution is 0.219. The van der Waals surface area contributed by atoms with Crippen molar-refractivity contribution in [1.29, 1.82) is 0 Å². The van der Waals surface area contributed by atoms with Crippen molar-refractivity contribution in [3.63, 3.8) is 0 Å². The summed E-state index contributed by atoms with van der Waals surface area (Å²) in [6.07, 6.45) is 21.1. The van der Waals surface area contributed by atoms with E-state index in [1.807, 2.05) is 36.5 Å². The van der Waals surface area contributed by atoms with Crippen molar-refractivity contribution >= 4 is 52.9 Å². The fourth-order valence-electron chi connectivity index (χ4n) is 4.77. The molecule has 0 unspecified atom stereocenters. The average Bonchev–Trinajstić information content (AvgIpc) is 3.49. The van der Waals surface area contributed by atoms with Gasteiger partial charge in [0.15, 0.2) is 0 Å². The summed E-state index contributed by atoms with van der Waals surface area (Å²) in [4.78, 5) is 2.92. The summed E-state index contributed by atoms with van der Waals surface area (Å²) in [6.45, 7) is 6.93. The van der Waals surface area contributed by atoms with Crippen LogP contribution in [0.1, 0.15) is 122 Å². The van der Waals surface area contributed by atoms with Crippen molar-refractivity contribution < 1.29 is 13.6 Å². The van der Waals surface area contributed by atoms with Crippen LogP contribution in [0.5, 0.6) is 0 Å². The van der Waals surface area contributed by atoms with E-state index < -0.39 is 7.60 Å². The standard InChI is InChI=1S/C30H50IO3PS2/c1-4-7-8-9-10-11-12-13-14-18-21-27-25-28(37-30(27)31)29-26(22-24-36-29)20-17-15-16-19-23-35(32,33-5-2)34-6-3/h22,24-25H,4-21,23H2,1-3H3. The highest BCUT2D eigenvalue weighted by Gasteiger charge is 2.22. The normalized spacial score (nSPS) is 12.0. The van der Waals surface area contributed by atoms with Crippen LogP contribution in [0.25, 0.3) is 9.75 Å². The van der Waals surface area contributed by atoms with Crippen molar-refractivity contribution in [3.8, 4) is 9.75 Å². The first kappa shape index (κ1) is 33.5. The Kier molecular flexibility index (Phi) is 18.3. The Balaban J connectivity index is 1.68. The number of halogens is 1. The second-order valence-electron chi connectivity index (χ2n) is 9.95. The molecule has 2 aromatic heterocycles. The number of thiophene rings is 2. The van der Waals surface area contributed by atoms with Gasteiger partial charge in [-0.2, -0.15) is 0 Å². The molecule has 0 spiro atoms. The van der Waals surface area contributed by atoms with E-state index in [1.54, 1.807) is 5.56 Å². The molecule has 0 saturated carbocycles. The van der Waals surface area contributed by atoms with Crippen LogP contribution in [-0.4, -0.2) is 19.4 Å². The van der Waals surface area contributed by atoms with Gasteiger partial charge < -0.3 is 9.05 Å². The third-order valence-electron chi connectivity index (χ3n) is 6.81. The van der Waals surface area contributed by atoms with E-state index in [9.17, 15) is 4.57 Å². The molecular formula is C30H50IO3PS2. The Bertz CT molecular complexity index is 885. The Morgan fingerprint density at radius 3 is 1.89 bits per heavy atom. The molecule has 0 radical (unpaired) electrons. The Morgan fingerprint density at radius 1 is 0.757 bits per heavy atom. The molecule has 7 heteroatoms. The van der Waals surface area contributed by atoms with Gasteiger partial charge in [-0.3, -0.25) is 4.57 Å². The van der Waals surface area contributed by atoms with Crippen molar-refractivity contribution in [3.05, 3.63) is 31.5 Å². The molecule has 37 heavy (non-hydrogen) atoms. The minimum absolute atomic E-state index is 0.445. The largest absolute Gasteiger partial charge is 0.330 e. The summed E-state index contributed by atoms with van der Waals surface area (Å²) in [7, 11) is -2.89. The molecule has 0 aliphatic rings. The molecule has 0 aliphatic heterocycles. The lowest BCUT2D eigenvalue weighted by atomic mass is 10.0. The predicted octanol–water partition coefficient (Wildman–Crippen LogP) is 11.9. The van der Waals surface area contributed by atoms with Crippen LogP contribution in [0, 0.1) is 2.88 Å². The van der Waals surface area contributed by atoms with Gasteiger partial charge in [0.25, 0.3) is 0 Å². The van der Waals surface area contributed by atoms with Crippen LogP contribution in [-0.2, 0) is 26.5 Å². The van der Waals surface area contributed by atoms with Gasteiger partial charge in [0.1, 0.15) is 0 Å². The van der Waals surface area contributed by atoms with Crippen LogP contribution in [0.2, 0.25) is 0 Å². The topological polar surface area (TPSA) is 35.5 Å². The maximum absolute atomic E-state index is 12.6. The molecule has 0 atom stereocenters. The van der Waals surface area contributed by atoms with E-state index in [2.05, 4.69) is 47.0 Å². The third kappa shape index (κ3) is 13.5. The molecule has 212 valence electrons. The van der Waals surface area contributed by atoms with Crippen LogP contribution >= 0.6 is 52.9 Å². The molecule has 2 heterocycles. The van der Waals surface area contributed by atoms with Gasteiger partial charge in [-0.05, 0) is 97.2 Å². The number of hydrogen-bond donors (Lipinski definition) is 0. The number of unbranched alkanes of at least 4 members (excludes halogenated alkanes) is 12. The number of rotatable bonds is 23. The zero-order valence-electron chi connectivity index (χ0n) is 23.5. The van der Waals surface area contributed by atoms with Crippen LogP contribution < -0.4 is 0 Å². The van der Waals surface area contributed by atoms with E-state index in [0.29, 0.717) is 19.4 Å². The smallest absolute Gasteiger partial charge is 0.309 e. The summed E-state index contributed by atoms with van der Waals surface area (Å²) in [5.41, 5.74) is 3.04. The summed E-state index contributed by atoms with van der Waals surface area (Å²) >= 11 is 6.40. The first-order valence-corrected chi connectivity index (χ1v) is 19.3.